The Morgan fingerprint density at radius 3 is 2.71 bits per heavy atom. The molecule has 0 aromatic heterocycles. The van der Waals surface area contributed by atoms with Crippen LogP contribution in [0.3, 0.4) is 0 Å². The van der Waals surface area contributed by atoms with Crippen molar-refractivity contribution in [2.75, 3.05) is 11.9 Å². The smallest absolute Gasteiger partial charge is 0.319 e. The van der Waals surface area contributed by atoms with Gasteiger partial charge in [0.15, 0.2) is 0 Å². The minimum atomic E-state index is -0.237. The molecule has 0 saturated carbocycles. The van der Waals surface area contributed by atoms with Gasteiger partial charge in [-0.3, -0.25) is 0 Å². The van der Waals surface area contributed by atoms with Gasteiger partial charge in [0.1, 0.15) is 0 Å². The maximum absolute atomic E-state index is 11.4. The molecule has 0 aliphatic carbocycles. The molecule has 0 saturated heterocycles. The van der Waals surface area contributed by atoms with Crippen molar-refractivity contribution in [1.82, 2.24) is 5.32 Å². The van der Waals surface area contributed by atoms with Gasteiger partial charge in [0.25, 0.3) is 0 Å². The lowest BCUT2D eigenvalue weighted by atomic mass is 10.2. The molecule has 1 aromatic carbocycles. The number of amides is 2. The summed E-state index contributed by atoms with van der Waals surface area (Å²) in [5.74, 6) is 0. The van der Waals surface area contributed by atoms with Crippen LogP contribution in [0, 0.1) is 11.3 Å². The van der Waals surface area contributed by atoms with Gasteiger partial charge in [-0.05, 0) is 37.6 Å². The second kappa shape index (κ2) is 7.07. The standard InChI is InChI=1S/C13H15N3O/c1-2-3-4-9-15-13(17)16-12-7-5-11(10-14)6-8-12/h2-3,5-8H,4,9H2,1H3,(H2,15,16,17)/b3-2+. The van der Waals surface area contributed by atoms with Crippen LogP contribution in [-0.2, 0) is 0 Å². The average molecular weight is 229 g/mol. The molecule has 0 heterocycles. The molecule has 0 atom stereocenters. The van der Waals surface area contributed by atoms with Crippen molar-refractivity contribution in [3.05, 3.63) is 42.0 Å². The highest BCUT2D eigenvalue weighted by molar-refractivity contribution is 5.89. The van der Waals surface area contributed by atoms with E-state index in [0.717, 1.165) is 6.42 Å². The number of nitriles is 1. The molecule has 0 spiro atoms. The lowest BCUT2D eigenvalue weighted by molar-refractivity contribution is 0.252. The molecule has 0 radical (unpaired) electrons. The Hall–Kier alpha value is -2.28. The van der Waals surface area contributed by atoms with Crippen molar-refractivity contribution in [2.45, 2.75) is 13.3 Å². The topological polar surface area (TPSA) is 64.9 Å². The molecule has 1 rings (SSSR count). The third-order valence-electron chi connectivity index (χ3n) is 2.10. The maximum Gasteiger partial charge on any atom is 0.319 e. The largest absolute Gasteiger partial charge is 0.338 e. The fourth-order valence-electron chi connectivity index (χ4n) is 1.24. The summed E-state index contributed by atoms with van der Waals surface area (Å²) in [6, 6.07) is 8.50. The van der Waals surface area contributed by atoms with Crippen molar-refractivity contribution >= 4 is 11.7 Å². The molecular formula is C13H15N3O. The summed E-state index contributed by atoms with van der Waals surface area (Å²) in [6.45, 7) is 2.54. The van der Waals surface area contributed by atoms with E-state index in [-0.39, 0.29) is 6.03 Å². The average Bonchev–Trinajstić information content (AvgIpc) is 2.36. The number of rotatable bonds is 4. The van der Waals surface area contributed by atoms with E-state index >= 15 is 0 Å². The number of carbonyl (C=O) groups excluding carboxylic acids is 1. The number of anilines is 1. The fourth-order valence-corrected chi connectivity index (χ4v) is 1.24. The highest BCUT2D eigenvalue weighted by atomic mass is 16.2. The van der Waals surface area contributed by atoms with Crippen molar-refractivity contribution in [2.24, 2.45) is 0 Å². The van der Waals surface area contributed by atoms with Crippen LogP contribution < -0.4 is 10.6 Å². The van der Waals surface area contributed by atoms with Crippen LogP contribution in [0.15, 0.2) is 36.4 Å². The number of benzene rings is 1. The van der Waals surface area contributed by atoms with Crippen LogP contribution in [0.25, 0.3) is 0 Å². The van der Waals surface area contributed by atoms with E-state index in [0.29, 0.717) is 17.8 Å². The first kappa shape index (κ1) is 12.8. The SMILES string of the molecule is C/C=C/CCNC(=O)Nc1ccc(C#N)cc1. The summed E-state index contributed by atoms with van der Waals surface area (Å²) in [4.78, 5) is 11.4. The van der Waals surface area contributed by atoms with Gasteiger partial charge in [0.05, 0.1) is 11.6 Å². The number of allylic oxidation sites excluding steroid dienone is 1. The summed E-state index contributed by atoms with van der Waals surface area (Å²) in [5.41, 5.74) is 1.25. The van der Waals surface area contributed by atoms with Crippen LogP contribution in [0.4, 0.5) is 10.5 Å². The van der Waals surface area contributed by atoms with Crippen molar-refractivity contribution in [1.29, 1.82) is 5.26 Å². The van der Waals surface area contributed by atoms with Gasteiger partial charge in [0, 0.05) is 12.2 Å². The molecular weight excluding hydrogens is 214 g/mol. The predicted molar refractivity (Wildman–Crippen MR) is 67.6 cm³/mol. The highest BCUT2D eigenvalue weighted by Gasteiger charge is 1.99. The van der Waals surface area contributed by atoms with Gasteiger partial charge in [-0.1, -0.05) is 12.2 Å². The van der Waals surface area contributed by atoms with Gasteiger partial charge in [-0.25, -0.2) is 4.79 Å². The zero-order valence-corrected chi connectivity index (χ0v) is 9.73. The summed E-state index contributed by atoms with van der Waals surface area (Å²) >= 11 is 0. The first-order valence-electron chi connectivity index (χ1n) is 5.42. The minimum Gasteiger partial charge on any atom is -0.338 e. The molecule has 4 heteroatoms. The molecule has 17 heavy (non-hydrogen) atoms. The maximum atomic E-state index is 11.4. The lowest BCUT2D eigenvalue weighted by Crippen LogP contribution is -2.29. The molecule has 0 bridgehead atoms. The Labute approximate surface area is 101 Å². The zero-order valence-electron chi connectivity index (χ0n) is 9.73. The molecule has 0 fully saturated rings. The summed E-state index contributed by atoms with van der Waals surface area (Å²) < 4.78 is 0. The predicted octanol–water partition coefficient (Wildman–Crippen LogP) is 2.65. The van der Waals surface area contributed by atoms with E-state index in [2.05, 4.69) is 10.6 Å². The van der Waals surface area contributed by atoms with Gasteiger partial charge < -0.3 is 10.6 Å². The highest BCUT2D eigenvalue weighted by Crippen LogP contribution is 2.08. The summed E-state index contributed by atoms with van der Waals surface area (Å²) in [6.07, 6.45) is 4.75. The second-order valence-corrected chi connectivity index (χ2v) is 3.43. The number of hydrogen-bond acceptors (Lipinski definition) is 2. The molecule has 0 unspecified atom stereocenters. The normalized spacial score (nSPS) is 9.88. The van der Waals surface area contributed by atoms with Crippen LogP contribution in [0.2, 0.25) is 0 Å². The summed E-state index contributed by atoms with van der Waals surface area (Å²) in [5, 5.41) is 14.0. The van der Waals surface area contributed by atoms with Crippen LogP contribution in [-0.4, -0.2) is 12.6 Å². The van der Waals surface area contributed by atoms with E-state index < -0.39 is 0 Å². The molecule has 0 aliphatic heterocycles. The van der Waals surface area contributed by atoms with Crippen molar-refractivity contribution < 1.29 is 4.79 Å². The minimum absolute atomic E-state index is 0.237. The zero-order chi connectivity index (χ0) is 12.5. The van der Waals surface area contributed by atoms with Crippen molar-refractivity contribution in [3.8, 4) is 6.07 Å². The first-order valence-corrected chi connectivity index (χ1v) is 5.42. The Morgan fingerprint density at radius 1 is 1.41 bits per heavy atom. The van der Waals surface area contributed by atoms with Crippen molar-refractivity contribution in [3.63, 3.8) is 0 Å². The number of nitrogens with one attached hydrogen (secondary N) is 2. The Bertz CT molecular complexity index is 429. The van der Waals surface area contributed by atoms with Crippen LogP contribution in [0.5, 0.6) is 0 Å². The molecule has 2 amide bonds. The van der Waals surface area contributed by atoms with E-state index in [4.69, 9.17) is 5.26 Å². The van der Waals surface area contributed by atoms with E-state index in [9.17, 15) is 4.79 Å². The van der Waals surface area contributed by atoms with Gasteiger partial charge in [-0.15, -0.1) is 0 Å². The first-order chi connectivity index (χ1) is 8.26. The number of hydrogen-bond donors (Lipinski definition) is 2. The van der Waals surface area contributed by atoms with Gasteiger partial charge in [0.2, 0.25) is 0 Å². The monoisotopic (exact) mass is 229 g/mol. The van der Waals surface area contributed by atoms with Crippen LogP contribution >= 0.6 is 0 Å². The molecule has 4 nitrogen and oxygen atoms in total. The van der Waals surface area contributed by atoms with Gasteiger partial charge >= 0.3 is 6.03 Å². The molecule has 88 valence electrons. The Morgan fingerprint density at radius 2 is 2.12 bits per heavy atom. The number of urea groups is 1. The van der Waals surface area contributed by atoms with E-state index in [1.165, 1.54) is 0 Å². The van der Waals surface area contributed by atoms with Crippen LogP contribution in [0.1, 0.15) is 18.9 Å². The molecule has 1 aromatic rings. The number of carbonyl (C=O) groups is 1. The van der Waals surface area contributed by atoms with E-state index in [1.54, 1.807) is 24.3 Å². The third kappa shape index (κ3) is 4.85. The second-order valence-electron chi connectivity index (χ2n) is 3.43. The van der Waals surface area contributed by atoms with Gasteiger partial charge in [-0.2, -0.15) is 5.26 Å². The van der Waals surface area contributed by atoms with E-state index in [1.807, 2.05) is 25.1 Å². The third-order valence-corrected chi connectivity index (χ3v) is 2.10. The lowest BCUT2D eigenvalue weighted by Gasteiger charge is -2.06. The molecule has 0 aliphatic rings. The molecule has 2 N–H and O–H groups in total. The number of nitrogens with zero attached hydrogens (tertiary/aromatic N) is 1. The fraction of sp³-hybridized carbons (Fsp3) is 0.231. The Kier molecular flexibility index (Phi) is 5.32. The quantitative estimate of drug-likeness (QED) is 0.615. The summed E-state index contributed by atoms with van der Waals surface area (Å²) in [7, 11) is 0. The Balaban J connectivity index is 2.37.